The van der Waals surface area contributed by atoms with E-state index in [-0.39, 0.29) is 5.91 Å². The Hall–Kier alpha value is -4.43. The molecule has 0 atom stereocenters. The molecule has 0 bridgehead atoms. The van der Waals surface area contributed by atoms with Crippen LogP contribution in [0.1, 0.15) is 24.1 Å². The van der Waals surface area contributed by atoms with Gasteiger partial charge in [-0.2, -0.15) is 10.2 Å². The molecule has 2 aliphatic heterocycles. The highest BCUT2D eigenvalue weighted by Gasteiger charge is 2.26. The van der Waals surface area contributed by atoms with E-state index in [9.17, 15) is 4.79 Å². The Morgan fingerprint density at radius 2 is 2.03 bits per heavy atom. The average Bonchev–Trinajstić information content (AvgIpc) is 3.30. The summed E-state index contributed by atoms with van der Waals surface area (Å²) in [5.41, 5.74) is 3.89. The number of aryl methyl sites for hydroxylation is 2. The molecule has 0 radical (unpaired) electrons. The number of rotatable bonds is 6. The summed E-state index contributed by atoms with van der Waals surface area (Å²) in [7, 11) is 6.05. The van der Waals surface area contributed by atoms with Crippen LogP contribution in [0.3, 0.4) is 0 Å². The van der Waals surface area contributed by atoms with E-state index in [1.807, 2.05) is 41.7 Å². The molecule has 0 unspecified atom stereocenters. The van der Waals surface area contributed by atoms with E-state index in [2.05, 4.69) is 44.6 Å². The van der Waals surface area contributed by atoms with Gasteiger partial charge in [-0.1, -0.05) is 0 Å². The van der Waals surface area contributed by atoms with Gasteiger partial charge in [-0.05, 0) is 57.6 Å². The fraction of sp³-hybridized carbons (Fsp3) is 0.370. The van der Waals surface area contributed by atoms with E-state index < -0.39 is 0 Å². The number of dihydropyridines is 1. The van der Waals surface area contributed by atoms with Crippen molar-refractivity contribution in [3.05, 3.63) is 59.5 Å². The Bertz CT molecular complexity index is 1470. The number of carbonyl (C=O) groups is 1. The lowest BCUT2D eigenvalue weighted by molar-refractivity contribution is -0.128. The molecule has 5 rings (SSSR count). The Morgan fingerprint density at radius 3 is 2.68 bits per heavy atom. The number of likely N-dealkylation sites (tertiary alicyclic amines) is 1. The predicted octanol–water partition coefficient (Wildman–Crippen LogP) is 2.67. The Labute approximate surface area is 221 Å². The summed E-state index contributed by atoms with van der Waals surface area (Å²) < 4.78 is 7.86. The van der Waals surface area contributed by atoms with E-state index >= 15 is 0 Å². The van der Waals surface area contributed by atoms with Crippen molar-refractivity contribution in [2.24, 2.45) is 7.05 Å². The molecule has 5 heterocycles. The number of nitrogens with zero attached hydrogens (tertiary/aromatic N) is 7. The number of anilines is 1. The van der Waals surface area contributed by atoms with Gasteiger partial charge in [0.05, 0.1) is 18.2 Å². The van der Waals surface area contributed by atoms with Crippen molar-refractivity contribution in [3.63, 3.8) is 0 Å². The second-order valence-electron chi connectivity index (χ2n) is 9.82. The number of imidazole rings is 1. The van der Waals surface area contributed by atoms with Crippen LogP contribution in [0.25, 0.3) is 11.2 Å². The Morgan fingerprint density at radius 1 is 1.24 bits per heavy atom. The molecule has 2 aliphatic rings. The monoisotopic (exact) mass is 513 g/mol. The summed E-state index contributed by atoms with van der Waals surface area (Å²) in [5.74, 6) is 1.71. The van der Waals surface area contributed by atoms with Crippen LogP contribution in [0.4, 0.5) is 5.69 Å². The van der Waals surface area contributed by atoms with Crippen molar-refractivity contribution in [1.82, 2.24) is 34.6 Å². The molecular weight excluding hydrogens is 482 g/mol. The molecule has 11 heteroatoms. The SMILES string of the molecule is Cc1cc(C#N)ncc1Oc1cc(NC2=CC=C(C(=O)N3CCC(N(C)C)CC3)CN2)c2ncn(C)c2n1. The summed E-state index contributed by atoms with van der Waals surface area (Å²) >= 11 is 0. The van der Waals surface area contributed by atoms with E-state index in [1.54, 1.807) is 18.5 Å². The number of pyridine rings is 2. The molecule has 11 nitrogen and oxygen atoms in total. The molecule has 196 valence electrons. The second kappa shape index (κ2) is 10.5. The maximum atomic E-state index is 13.1. The molecule has 1 fully saturated rings. The van der Waals surface area contributed by atoms with Crippen LogP contribution >= 0.6 is 0 Å². The number of nitrogens with one attached hydrogen (secondary N) is 2. The minimum absolute atomic E-state index is 0.0862. The average molecular weight is 514 g/mol. The van der Waals surface area contributed by atoms with E-state index in [0.29, 0.717) is 46.8 Å². The van der Waals surface area contributed by atoms with E-state index in [1.165, 1.54) is 6.20 Å². The molecular formula is C27H31N9O2. The fourth-order valence-electron chi connectivity index (χ4n) is 4.70. The van der Waals surface area contributed by atoms with Crippen molar-refractivity contribution in [2.75, 3.05) is 39.0 Å². The number of allylic oxidation sites excluding steroid dienone is 2. The quantitative estimate of drug-likeness (QED) is 0.512. The molecule has 0 aromatic carbocycles. The zero-order valence-corrected chi connectivity index (χ0v) is 22.0. The molecule has 38 heavy (non-hydrogen) atoms. The van der Waals surface area contributed by atoms with Gasteiger partial charge in [-0.25, -0.2) is 9.97 Å². The van der Waals surface area contributed by atoms with Crippen molar-refractivity contribution in [1.29, 1.82) is 5.26 Å². The molecule has 3 aromatic rings. The standard InChI is InChI=1S/C27H31N9O2/c1-17-11-19(13-28)29-15-22(17)38-24-12-21(25-26(33-24)35(4)16-31-25)32-23-6-5-18(14-30-23)27(37)36-9-7-20(8-10-36)34(2)3/h5-6,11-12,15-16,20,30H,7-10,14H2,1-4H3,(H,32,33). The number of fused-ring (bicyclic) bond motifs is 1. The van der Waals surface area contributed by atoms with Gasteiger partial charge in [0.25, 0.3) is 5.91 Å². The van der Waals surface area contributed by atoms with Crippen LogP contribution < -0.4 is 15.4 Å². The third kappa shape index (κ3) is 5.17. The zero-order valence-electron chi connectivity index (χ0n) is 22.0. The molecule has 0 saturated carbocycles. The van der Waals surface area contributed by atoms with Gasteiger partial charge >= 0.3 is 0 Å². The molecule has 0 aliphatic carbocycles. The third-order valence-electron chi connectivity index (χ3n) is 6.98. The maximum Gasteiger partial charge on any atom is 0.251 e. The van der Waals surface area contributed by atoms with Gasteiger partial charge in [0, 0.05) is 44.4 Å². The number of carbonyl (C=O) groups excluding carboxylic acids is 1. The molecule has 3 aromatic heterocycles. The maximum absolute atomic E-state index is 13.1. The minimum Gasteiger partial charge on any atom is -0.437 e. The summed E-state index contributed by atoms with van der Waals surface area (Å²) in [5, 5.41) is 15.8. The first-order valence-corrected chi connectivity index (χ1v) is 12.6. The van der Waals surface area contributed by atoms with Crippen molar-refractivity contribution in [2.45, 2.75) is 25.8 Å². The Balaban J connectivity index is 1.33. The van der Waals surface area contributed by atoms with Crippen LogP contribution in [0.2, 0.25) is 0 Å². The van der Waals surface area contributed by atoms with E-state index in [0.717, 1.165) is 42.9 Å². The highest BCUT2D eigenvalue weighted by molar-refractivity contribution is 5.95. The highest BCUT2D eigenvalue weighted by atomic mass is 16.5. The van der Waals surface area contributed by atoms with Crippen molar-refractivity contribution in [3.8, 4) is 17.7 Å². The number of ether oxygens (including phenoxy) is 1. The fourth-order valence-corrected chi connectivity index (χ4v) is 4.70. The van der Waals surface area contributed by atoms with Gasteiger partial charge in [0.15, 0.2) is 11.4 Å². The van der Waals surface area contributed by atoms with E-state index in [4.69, 9.17) is 10.00 Å². The van der Waals surface area contributed by atoms with Crippen LogP contribution in [0, 0.1) is 18.3 Å². The first-order valence-electron chi connectivity index (χ1n) is 12.6. The van der Waals surface area contributed by atoms with Crippen LogP contribution in [-0.4, -0.2) is 75.0 Å². The number of hydrogen-bond donors (Lipinski definition) is 2. The van der Waals surface area contributed by atoms with Gasteiger partial charge in [-0.3, -0.25) is 4.79 Å². The lowest BCUT2D eigenvalue weighted by atomic mass is 10.0. The predicted molar refractivity (Wildman–Crippen MR) is 143 cm³/mol. The summed E-state index contributed by atoms with van der Waals surface area (Å²) in [6.07, 6.45) is 8.94. The van der Waals surface area contributed by atoms with Gasteiger partial charge in [0.1, 0.15) is 23.1 Å². The highest BCUT2D eigenvalue weighted by Crippen LogP contribution is 2.30. The molecule has 0 spiro atoms. The molecule has 2 N–H and O–H groups in total. The zero-order chi connectivity index (χ0) is 26.8. The van der Waals surface area contributed by atoms with Crippen LogP contribution in [0.15, 0.2) is 48.2 Å². The van der Waals surface area contributed by atoms with Gasteiger partial charge in [-0.15, -0.1) is 0 Å². The molecule has 1 saturated heterocycles. The topological polar surface area (TPSA) is 124 Å². The first kappa shape index (κ1) is 25.2. The third-order valence-corrected chi connectivity index (χ3v) is 6.98. The number of aromatic nitrogens is 4. The number of hydrogen-bond acceptors (Lipinski definition) is 9. The van der Waals surface area contributed by atoms with Crippen molar-refractivity contribution < 1.29 is 9.53 Å². The van der Waals surface area contributed by atoms with Crippen molar-refractivity contribution >= 4 is 22.8 Å². The Kier molecular flexibility index (Phi) is 6.98. The summed E-state index contributed by atoms with van der Waals surface area (Å²) in [4.78, 5) is 30.4. The first-order chi connectivity index (χ1) is 18.3. The number of nitriles is 1. The normalized spacial score (nSPS) is 16.1. The lowest BCUT2D eigenvalue weighted by Gasteiger charge is -2.36. The lowest BCUT2D eigenvalue weighted by Crippen LogP contribution is -2.46. The summed E-state index contributed by atoms with van der Waals surface area (Å²) in [6.45, 7) is 3.84. The number of amides is 1. The smallest absolute Gasteiger partial charge is 0.251 e. The van der Waals surface area contributed by atoms with Crippen LogP contribution in [-0.2, 0) is 11.8 Å². The van der Waals surface area contributed by atoms with Gasteiger partial charge in [0.2, 0.25) is 5.88 Å². The van der Waals surface area contributed by atoms with Gasteiger partial charge < -0.3 is 29.7 Å². The second-order valence-corrected chi connectivity index (χ2v) is 9.82. The minimum atomic E-state index is 0.0862. The van der Waals surface area contributed by atoms with Crippen LogP contribution in [0.5, 0.6) is 11.6 Å². The largest absolute Gasteiger partial charge is 0.437 e. The summed E-state index contributed by atoms with van der Waals surface area (Å²) in [6, 6.07) is 6.00. The molecule has 1 amide bonds. The number of piperidine rings is 1.